The lowest BCUT2D eigenvalue weighted by atomic mass is 10.1. The van der Waals surface area contributed by atoms with Gasteiger partial charge in [-0.05, 0) is 36.8 Å². The van der Waals surface area contributed by atoms with Gasteiger partial charge in [0, 0.05) is 31.9 Å². The van der Waals surface area contributed by atoms with Crippen LogP contribution in [0.2, 0.25) is 10.0 Å². The largest absolute Gasteiger partial charge is 0.335 e. The predicted molar refractivity (Wildman–Crippen MR) is 104 cm³/mol. The maximum absolute atomic E-state index is 13.7. The zero-order chi connectivity index (χ0) is 19.6. The van der Waals surface area contributed by atoms with Gasteiger partial charge in [0.15, 0.2) is 0 Å². The molecule has 1 heterocycles. The maximum atomic E-state index is 13.7. The van der Waals surface area contributed by atoms with Gasteiger partial charge in [-0.2, -0.15) is 0 Å². The summed E-state index contributed by atoms with van der Waals surface area (Å²) < 4.78 is 13.7. The molecule has 0 radical (unpaired) electrons. The van der Waals surface area contributed by atoms with Crippen LogP contribution in [0.15, 0.2) is 36.4 Å². The second kappa shape index (κ2) is 8.15. The molecule has 1 aliphatic heterocycles. The van der Waals surface area contributed by atoms with Crippen molar-refractivity contribution in [2.75, 3.05) is 31.5 Å². The van der Waals surface area contributed by atoms with Crippen LogP contribution in [0.4, 0.5) is 14.9 Å². The zero-order valence-corrected chi connectivity index (χ0v) is 16.1. The quantitative estimate of drug-likeness (QED) is 0.745. The number of carbonyl (C=O) groups is 2. The molecule has 1 N–H and O–H groups in total. The Balaban J connectivity index is 1.61. The SMILES string of the molecule is Cc1cccc(NC(=O)N2CCN(C(=O)c3cc(F)c(Cl)cc3Cl)CC2)c1. The van der Waals surface area contributed by atoms with Crippen molar-refractivity contribution in [3.63, 3.8) is 0 Å². The first kappa shape index (κ1) is 19.5. The first-order valence-electron chi connectivity index (χ1n) is 8.41. The highest BCUT2D eigenvalue weighted by molar-refractivity contribution is 6.36. The fourth-order valence-electron chi connectivity index (χ4n) is 2.89. The molecular formula is C19H18Cl2FN3O2. The molecule has 3 amide bonds. The number of nitrogens with zero attached hydrogens (tertiary/aromatic N) is 2. The lowest BCUT2D eigenvalue weighted by molar-refractivity contribution is 0.0671. The van der Waals surface area contributed by atoms with E-state index in [1.807, 2.05) is 31.2 Å². The smallest absolute Gasteiger partial charge is 0.321 e. The predicted octanol–water partition coefficient (Wildman–Crippen LogP) is 4.43. The Labute approximate surface area is 166 Å². The van der Waals surface area contributed by atoms with Gasteiger partial charge in [0.25, 0.3) is 5.91 Å². The van der Waals surface area contributed by atoms with Crippen molar-refractivity contribution in [3.8, 4) is 0 Å². The molecule has 1 saturated heterocycles. The third-order valence-electron chi connectivity index (χ3n) is 4.36. The Kier molecular flexibility index (Phi) is 5.87. The normalized spacial score (nSPS) is 14.2. The fourth-order valence-corrected chi connectivity index (χ4v) is 3.36. The van der Waals surface area contributed by atoms with E-state index in [1.165, 1.54) is 6.07 Å². The fraction of sp³-hybridized carbons (Fsp3) is 0.263. The van der Waals surface area contributed by atoms with Crippen LogP contribution in [-0.2, 0) is 0 Å². The Hall–Kier alpha value is -2.31. The van der Waals surface area contributed by atoms with Crippen LogP contribution in [0.25, 0.3) is 0 Å². The molecule has 0 atom stereocenters. The average molecular weight is 410 g/mol. The van der Waals surface area contributed by atoms with Gasteiger partial charge < -0.3 is 15.1 Å². The molecule has 1 fully saturated rings. The molecule has 2 aromatic rings. The summed E-state index contributed by atoms with van der Waals surface area (Å²) >= 11 is 11.7. The van der Waals surface area contributed by atoms with Crippen LogP contribution in [-0.4, -0.2) is 47.9 Å². The third kappa shape index (κ3) is 4.51. The first-order valence-corrected chi connectivity index (χ1v) is 9.17. The number of rotatable bonds is 2. The van der Waals surface area contributed by atoms with Gasteiger partial charge in [0.1, 0.15) is 5.82 Å². The molecule has 27 heavy (non-hydrogen) atoms. The average Bonchev–Trinajstić information content (AvgIpc) is 2.64. The van der Waals surface area contributed by atoms with Crippen LogP contribution < -0.4 is 5.32 Å². The Morgan fingerprint density at radius 1 is 1.00 bits per heavy atom. The van der Waals surface area contributed by atoms with E-state index < -0.39 is 5.82 Å². The number of carbonyl (C=O) groups excluding carboxylic acids is 2. The van der Waals surface area contributed by atoms with Gasteiger partial charge in [0.2, 0.25) is 0 Å². The summed E-state index contributed by atoms with van der Waals surface area (Å²) in [6.07, 6.45) is 0. The highest BCUT2D eigenvalue weighted by Crippen LogP contribution is 2.25. The monoisotopic (exact) mass is 409 g/mol. The molecule has 0 bridgehead atoms. The van der Waals surface area contributed by atoms with Crippen molar-refractivity contribution < 1.29 is 14.0 Å². The molecule has 2 aromatic carbocycles. The molecule has 142 valence electrons. The number of amides is 3. The second-order valence-electron chi connectivity index (χ2n) is 6.33. The van der Waals surface area contributed by atoms with E-state index in [4.69, 9.17) is 23.2 Å². The summed E-state index contributed by atoms with van der Waals surface area (Å²) in [5.74, 6) is -1.07. The van der Waals surface area contributed by atoms with Crippen LogP contribution in [0.5, 0.6) is 0 Å². The maximum Gasteiger partial charge on any atom is 0.321 e. The number of nitrogens with one attached hydrogen (secondary N) is 1. The van der Waals surface area contributed by atoms with Gasteiger partial charge in [0.05, 0.1) is 15.6 Å². The minimum absolute atomic E-state index is 0.0660. The summed E-state index contributed by atoms with van der Waals surface area (Å²) in [6.45, 7) is 3.36. The van der Waals surface area contributed by atoms with Gasteiger partial charge >= 0.3 is 6.03 Å². The summed E-state index contributed by atoms with van der Waals surface area (Å²) in [7, 11) is 0. The summed E-state index contributed by atoms with van der Waals surface area (Å²) in [5, 5.41) is 2.82. The van der Waals surface area contributed by atoms with E-state index in [0.29, 0.717) is 26.2 Å². The Morgan fingerprint density at radius 2 is 1.67 bits per heavy atom. The summed E-state index contributed by atoms with van der Waals surface area (Å²) in [5.41, 5.74) is 1.84. The molecule has 8 heteroatoms. The zero-order valence-electron chi connectivity index (χ0n) is 14.6. The van der Waals surface area contributed by atoms with Gasteiger partial charge in [-0.3, -0.25) is 4.79 Å². The van der Waals surface area contributed by atoms with E-state index in [0.717, 1.165) is 17.3 Å². The molecule has 0 spiro atoms. The molecule has 0 unspecified atom stereocenters. The molecule has 0 saturated carbocycles. The summed E-state index contributed by atoms with van der Waals surface area (Å²) in [4.78, 5) is 28.2. The van der Waals surface area contributed by atoms with Crippen molar-refractivity contribution in [3.05, 3.63) is 63.4 Å². The second-order valence-corrected chi connectivity index (χ2v) is 7.14. The van der Waals surface area contributed by atoms with Gasteiger partial charge in [-0.25, -0.2) is 9.18 Å². The number of anilines is 1. The van der Waals surface area contributed by atoms with E-state index in [-0.39, 0.29) is 27.5 Å². The molecule has 5 nitrogen and oxygen atoms in total. The Bertz CT molecular complexity index is 883. The van der Waals surface area contributed by atoms with Gasteiger partial charge in [-0.1, -0.05) is 35.3 Å². The van der Waals surface area contributed by atoms with Crippen molar-refractivity contribution in [2.24, 2.45) is 0 Å². The van der Waals surface area contributed by atoms with Crippen molar-refractivity contribution in [2.45, 2.75) is 6.92 Å². The molecule has 0 aromatic heterocycles. The summed E-state index contributed by atoms with van der Waals surface area (Å²) in [6, 6.07) is 9.57. The Morgan fingerprint density at radius 3 is 2.33 bits per heavy atom. The van der Waals surface area contributed by atoms with E-state index in [1.54, 1.807) is 9.80 Å². The molecule has 0 aliphatic carbocycles. The van der Waals surface area contributed by atoms with E-state index >= 15 is 0 Å². The minimum atomic E-state index is -0.694. The first-order chi connectivity index (χ1) is 12.8. The molecule has 1 aliphatic rings. The standard InChI is InChI=1S/C19H18Cl2FN3O2/c1-12-3-2-4-13(9-12)23-19(27)25-7-5-24(6-8-25)18(26)14-10-17(22)16(21)11-15(14)20/h2-4,9-11H,5-8H2,1H3,(H,23,27). The third-order valence-corrected chi connectivity index (χ3v) is 4.97. The molecular weight excluding hydrogens is 392 g/mol. The molecule has 3 rings (SSSR count). The minimum Gasteiger partial charge on any atom is -0.335 e. The van der Waals surface area contributed by atoms with Crippen molar-refractivity contribution >= 4 is 40.8 Å². The van der Waals surface area contributed by atoms with Crippen LogP contribution in [0, 0.1) is 12.7 Å². The number of urea groups is 1. The van der Waals surface area contributed by atoms with Gasteiger partial charge in [-0.15, -0.1) is 0 Å². The number of aryl methyl sites for hydroxylation is 1. The van der Waals surface area contributed by atoms with Crippen LogP contribution >= 0.6 is 23.2 Å². The number of halogens is 3. The topological polar surface area (TPSA) is 52.7 Å². The van der Waals surface area contributed by atoms with E-state index in [2.05, 4.69) is 5.32 Å². The number of benzene rings is 2. The highest BCUT2D eigenvalue weighted by atomic mass is 35.5. The van der Waals surface area contributed by atoms with E-state index in [9.17, 15) is 14.0 Å². The highest BCUT2D eigenvalue weighted by Gasteiger charge is 2.26. The number of piperazine rings is 1. The van der Waals surface area contributed by atoms with Crippen molar-refractivity contribution in [1.29, 1.82) is 0 Å². The lowest BCUT2D eigenvalue weighted by Gasteiger charge is -2.35. The van der Waals surface area contributed by atoms with Crippen molar-refractivity contribution in [1.82, 2.24) is 9.80 Å². The lowest BCUT2D eigenvalue weighted by Crippen LogP contribution is -2.51. The number of hydrogen-bond donors (Lipinski definition) is 1. The number of hydrogen-bond acceptors (Lipinski definition) is 2. The van der Waals surface area contributed by atoms with Crippen LogP contribution in [0.1, 0.15) is 15.9 Å². The van der Waals surface area contributed by atoms with Crippen LogP contribution in [0.3, 0.4) is 0 Å².